The zero-order valence-corrected chi connectivity index (χ0v) is 28.8. The first-order valence-electron chi connectivity index (χ1n) is 18.2. The number of hydrogen-bond donors (Lipinski definition) is 0. The molecular formula is C50H32N2O. The summed E-state index contributed by atoms with van der Waals surface area (Å²) in [5, 5.41) is 7.13. The molecule has 0 bridgehead atoms. The van der Waals surface area contributed by atoms with Crippen LogP contribution in [0.15, 0.2) is 182 Å². The van der Waals surface area contributed by atoms with E-state index in [0.717, 1.165) is 27.6 Å². The molecule has 1 aliphatic heterocycles. The summed E-state index contributed by atoms with van der Waals surface area (Å²) in [6.45, 7) is 0. The van der Waals surface area contributed by atoms with Gasteiger partial charge in [0.15, 0.2) is 0 Å². The number of allylic oxidation sites excluding steroid dienone is 2. The topological polar surface area (TPSA) is 35.0 Å². The maximum absolute atomic E-state index is 6.58. The van der Waals surface area contributed by atoms with Gasteiger partial charge in [-0.15, -0.1) is 0 Å². The molecule has 3 heteroatoms. The standard InChI is InChI=1S/C50H32N2O/c1-2-16-42-40(14-1)46-30-34(24-25-43(46)49-48(42)51-26-27-52-49)32-11-5-10-31(28-32)33-12-6-13-35(29-33)36-17-7-19-38-37(36)18-8-20-39(38)44-21-9-22-45-41-15-3-4-23-47(41)53-50(44)45/h1-30,44,50H. The monoisotopic (exact) mass is 676 g/mol. The lowest BCUT2D eigenvalue weighted by Crippen LogP contribution is -2.23. The fraction of sp³-hybridized carbons (Fsp3) is 0.0400. The summed E-state index contributed by atoms with van der Waals surface area (Å²) < 4.78 is 6.58. The van der Waals surface area contributed by atoms with E-state index in [4.69, 9.17) is 14.7 Å². The van der Waals surface area contributed by atoms with Crippen LogP contribution in [0, 0.1) is 0 Å². The van der Waals surface area contributed by atoms with Crippen LogP contribution in [0.3, 0.4) is 0 Å². The first-order valence-corrected chi connectivity index (χ1v) is 18.2. The van der Waals surface area contributed by atoms with E-state index in [1.165, 1.54) is 71.6 Å². The molecule has 1 aromatic heterocycles. The second-order valence-corrected chi connectivity index (χ2v) is 14.0. The Hall–Kier alpha value is -6.84. The van der Waals surface area contributed by atoms with Gasteiger partial charge in [-0.1, -0.05) is 146 Å². The fourth-order valence-electron chi connectivity index (χ4n) is 8.69. The minimum atomic E-state index is -0.0309. The highest BCUT2D eigenvalue weighted by Crippen LogP contribution is 2.47. The predicted molar refractivity (Wildman–Crippen MR) is 219 cm³/mol. The van der Waals surface area contributed by atoms with Crippen LogP contribution in [-0.4, -0.2) is 16.1 Å². The Morgan fingerprint density at radius 3 is 1.87 bits per heavy atom. The van der Waals surface area contributed by atoms with E-state index >= 15 is 0 Å². The molecule has 2 heterocycles. The van der Waals surface area contributed by atoms with Crippen molar-refractivity contribution in [2.75, 3.05) is 0 Å². The highest BCUT2D eigenvalue weighted by molar-refractivity contribution is 6.23. The zero-order chi connectivity index (χ0) is 34.9. The van der Waals surface area contributed by atoms with Crippen molar-refractivity contribution in [1.82, 2.24) is 9.97 Å². The summed E-state index contributed by atoms with van der Waals surface area (Å²) in [5.41, 5.74) is 12.8. The van der Waals surface area contributed by atoms with Crippen LogP contribution in [-0.2, 0) is 0 Å². The third-order valence-corrected chi connectivity index (χ3v) is 11.1. The maximum Gasteiger partial charge on any atom is 0.135 e. The van der Waals surface area contributed by atoms with E-state index in [1.54, 1.807) is 12.4 Å². The van der Waals surface area contributed by atoms with Crippen molar-refractivity contribution in [3.8, 4) is 39.1 Å². The lowest BCUT2D eigenvalue weighted by molar-refractivity contribution is 0.259. The Morgan fingerprint density at radius 1 is 0.434 bits per heavy atom. The van der Waals surface area contributed by atoms with Crippen molar-refractivity contribution in [3.05, 3.63) is 193 Å². The molecule has 53 heavy (non-hydrogen) atoms. The van der Waals surface area contributed by atoms with Crippen LogP contribution in [0.1, 0.15) is 17.0 Å². The van der Waals surface area contributed by atoms with Crippen molar-refractivity contribution in [3.63, 3.8) is 0 Å². The molecule has 2 unspecified atom stereocenters. The number of fused-ring (bicyclic) bond motifs is 10. The van der Waals surface area contributed by atoms with Gasteiger partial charge in [-0.05, 0) is 84.8 Å². The molecule has 248 valence electrons. The van der Waals surface area contributed by atoms with Gasteiger partial charge >= 0.3 is 0 Å². The van der Waals surface area contributed by atoms with Crippen LogP contribution >= 0.6 is 0 Å². The number of hydrogen-bond acceptors (Lipinski definition) is 3. The first-order chi connectivity index (χ1) is 26.3. The summed E-state index contributed by atoms with van der Waals surface area (Å²) in [7, 11) is 0. The largest absolute Gasteiger partial charge is 0.484 e. The normalized spacial score (nSPS) is 16.1. The van der Waals surface area contributed by atoms with Crippen molar-refractivity contribution in [1.29, 1.82) is 0 Å². The molecule has 1 aliphatic carbocycles. The van der Waals surface area contributed by atoms with Gasteiger partial charge in [0, 0.05) is 40.2 Å². The van der Waals surface area contributed by atoms with E-state index in [-0.39, 0.29) is 12.0 Å². The van der Waals surface area contributed by atoms with Crippen molar-refractivity contribution < 1.29 is 4.74 Å². The quantitative estimate of drug-likeness (QED) is 0.174. The Balaban J connectivity index is 0.970. The molecule has 0 N–H and O–H groups in total. The number of nitrogens with zero attached hydrogens (tertiary/aromatic N) is 2. The number of para-hydroxylation sites is 1. The SMILES string of the molecule is C1=CC(c2cccc3c(-c4cccc(-c5cccc(-c6ccc7c(c6)c6ccccc6c6nccnc76)c5)c4)cccc23)C2Oc3ccccc3C2=C1. The lowest BCUT2D eigenvalue weighted by Gasteiger charge is -2.26. The lowest BCUT2D eigenvalue weighted by atomic mass is 9.81. The predicted octanol–water partition coefficient (Wildman–Crippen LogP) is 12.6. The minimum Gasteiger partial charge on any atom is -0.484 e. The Bertz CT molecular complexity index is 2970. The summed E-state index contributed by atoms with van der Waals surface area (Å²) in [6, 6.07) is 54.9. The van der Waals surface area contributed by atoms with E-state index < -0.39 is 0 Å². The van der Waals surface area contributed by atoms with Crippen LogP contribution in [0.25, 0.3) is 82.3 Å². The first kappa shape index (κ1) is 29.8. The number of ether oxygens (including phenoxy) is 1. The van der Waals surface area contributed by atoms with Crippen molar-refractivity contribution in [2.24, 2.45) is 0 Å². The highest BCUT2D eigenvalue weighted by atomic mass is 16.5. The van der Waals surface area contributed by atoms with Gasteiger partial charge in [-0.25, -0.2) is 0 Å². The van der Waals surface area contributed by atoms with Gasteiger partial charge in [-0.3, -0.25) is 9.97 Å². The second-order valence-electron chi connectivity index (χ2n) is 14.0. The average molecular weight is 677 g/mol. The molecule has 3 nitrogen and oxygen atoms in total. The smallest absolute Gasteiger partial charge is 0.135 e. The van der Waals surface area contributed by atoms with Gasteiger partial charge in [0.25, 0.3) is 0 Å². The van der Waals surface area contributed by atoms with E-state index in [1.807, 2.05) is 0 Å². The van der Waals surface area contributed by atoms with Crippen LogP contribution in [0.4, 0.5) is 0 Å². The van der Waals surface area contributed by atoms with E-state index in [0.29, 0.717) is 0 Å². The molecular weight excluding hydrogens is 645 g/mol. The molecule has 0 spiro atoms. The van der Waals surface area contributed by atoms with Crippen LogP contribution in [0.5, 0.6) is 5.75 Å². The summed E-state index contributed by atoms with van der Waals surface area (Å²) >= 11 is 0. The molecule has 0 fully saturated rings. The summed E-state index contributed by atoms with van der Waals surface area (Å²) in [5.74, 6) is 1.09. The molecule has 2 aliphatic rings. The van der Waals surface area contributed by atoms with Crippen LogP contribution < -0.4 is 4.74 Å². The number of benzene rings is 8. The molecule has 8 aromatic carbocycles. The maximum atomic E-state index is 6.58. The minimum absolute atomic E-state index is 0.0309. The van der Waals surface area contributed by atoms with Crippen LogP contribution in [0.2, 0.25) is 0 Å². The number of rotatable bonds is 4. The molecule has 0 saturated heterocycles. The van der Waals surface area contributed by atoms with Gasteiger partial charge < -0.3 is 4.74 Å². The molecule has 2 atom stereocenters. The Labute approximate surface area is 307 Å². The average Bonchev–Trinajstić information content (AvgIpc) is 3.62. The third kappa shape index (κ3) is 4.74. The molecule has 0 amide bonds. The summed E-state index contributed by atoms with van der Waals surface area (Å²) in [4.78, 5) is 9.45. The number of aromatic nitrogens is 2. The highest BCUT2D eigenvalue weighted by Gasteiger charge is 2.36. The van der Waals surface area contributed by atoms with E-state index in [9.17, 15) is 0 Å². The Morgan fingerprint density at radius 2 is 1.04 bits per heavy atom. The van der Waals surface area contributed by atoms with E-state index in [2.05, 4.69) is 170 Å². The zero-order valence-electron chi connectivity index (χ0n) is 28.8. The second kappa shape index (κ2) is 11.9. The molecule has 9 aromatic rings. The van der Waals surface area contributed by atoms with Gasteiger partial charge in [-0.2, -0.15) is 0 Å². The van der Waals surface area contributed by atoms with Gasteiger partial charge in [0.05, 0.1) is 11.0 Å². The Kier molecular flexibility index (Phi) is 6.68. The van der Waals surface area contributed by atoms with Crippen molar-refractivity contribution in [2.45, 2.75) is 12.0 Å². The fourth-order valence-corrected chi connectivity index (χ4v) is 8.69. The molecule has 0 saturated carbocycles. The van der Waals surface area contributed by atoms with Gasteiger partial charge in [0.2, 0.25) is 0 Å². The summed E-state index contributed by atoms with van der Waals surface area (Å²) in [6.07, 6.45) is 10.2. The molecule has 0 radical (unpaired) electrons. The van der Waals surface area contributed by atoms with Gasteiger partial charge in [0.1, 0.15) is 11.9 Å². The third-order valence-electron chi connectivity index (χ3n) is 11.1. The molecule has 11 rings (SSSR count). The van der Waals surface area contributed by atoms with Crippen molar-refractivity contribution >= 4 is 48.9 Å².